The van der Waals surface area contributed by atoms with Crippen molar-refractivity contribution in [2.75, 3.05) is 0 Å². The van der Waals surface area contributed by atoms with Gasteiger partial charge in [-0.15, -0.1) is 0 Å². The molecule has 0 unspecified atom stereocenters. The lowest BCUT2D eigenvalue weighted by atomic mass is 9.93. The molecule has 200 valence electrons. The largest absolute Gasteiger partial charge is 0.208 e. The summed E-state index contributed by atoms with van der Waals surface area (Å²) in [6.07, 6.45) is 0.922. The Morgan fingerprint density at radius 3 is 1.84 bits per heavy atom. The Hall–Kier alpha value is -5.67. The summed E-state index contributed by atoms with van der Waals surface area (Å²) in [5.74, 6) is 2.05. The first-order chi connectivity index (χ1) is 21.3. The van der Waals surface area contributed by atoms with Crippen LogP contribution in [0.25, 0.3) is 77.6 Å². The SMILES string of the molecule is c1ccc(-c2nc(-c3cccc4c3-c3ccccc3C4)nc(-c3cccc4ccc5ccc6ccccc6c5c34)n2)cc1. The molecule has 3 nitrogen and oxygen atoms in total. The fraction of sp³-hybridized carbons (Fsp3) is 0.0250. The van der Waals surface area contributed by atoms with Crippen molar-refractivity contribution in [2.45, 2.75) is 6.42 Å². The van der Waals surface area contributed by atoms with Gasteiger partial charge in [-0.1, -0.05) is 140 Å². The topological polar surface area (TPSA) is 38.7 Å². The van der Waals surface area contributed by atoms with Gasteiger partial charge in [-0.3, -0.25) is 0 Å². The van der Waals surface area contributed by atoms with Crippen molar-refractivity contribution in [1.82, 2.24) is 15.0 Å². The molecule has 0 saturated carbocycles. The first kappa shape index (κ1) is 24.0. The van der Waals surface area contributed by atoms with E-state index in [2.05, 4.69) is 121 Å². The van der Waals surface area contributed by atoms with Gasteiger partial charge in [0.25, 0.3) is 0 Å². The summed E-state index contributed by atoms with van der Waals surface area (Å²) < 4.78 is 0. The molecule has 0 spiro atoms. The van der Waals surface area contributed by atoms with Gasteiger partial charge >= 0.3 is 0 Å². The van der Waals surface area contributed by atoms with Crippen LogP contribution in [0.3, 0.4) is 0 Å². The van der Waals surface area contributed by atoms with Crippen LogP contribution in [-0.4, -0.2) is 15.0 Å². The fourth-order valence-corrected chi connectivity index (χ4v) is 6.77. The third-order valence-electron chi connectivity index (χ3n) is 8.72. The van der Waals surface area contributed by atoms with E-state index >= 15 is 0 Å². The zero-order chi connectivity index (χ0) is 28.3. The minimum Gasteiger partial charge on any atom is -0.208 e. The van der Waals surface area contributed by atoms with Gasteiger partial charge in [-0.25, -0.2) is 15.0 Å². The lowest BCUT2D eigenvalue weighted by Gasteiger charge is -2.14. The van der Waals surface area contributed by atoms with Crippen molar-refractivity contribution in [1.29, 1.82) is 0 Å². The maximum Gasteiger partial charge on any atom is 0.164 e. The van der Waals surface area contributed by atoms with Gasteiger partial charge in [0.05, 0.1) is 0 Å². The van der Waals surface area contributed by atoms with Crippen molar-refractivity contribution in [2.24, 2.45) is 0 Å². The van der Waals surface area contributed by atoms with Crippen LogP contribution in [0.5, 0.6) is 0 Å². The van der Waals surface area contributed by atoms with Crippen LogP contribution in [0.15, 0.2) is 140 Å². The number of fused-ring (bicyclic) bond motifs is 8. The summed E-state index contributed by atoms with van der Waals surface area (Å²) in [4.78, 5) is 15.5. The van der Waals surface area contributed by atoms with E-state index in [1.807, 2.05) is 18.2 Å². The minimum absolute atomic E-state index is 0.673. The number of benzene rings is 7. The molecule has 0 amide bonds. The first-order valence-electron chi connectivity index (χ1n) is 14.7. The second-order valence-electron chi connectivity index (χ2n) is 11.2. The van der Waals surface area contributed by atoms with E-state index in [1.165, 1.54) is 49.2 Å². The molecule has 1 aliphatic carbocycles. The van der Waals surface area contributed by atoms with E-state index in [0.29, 0.717) is 17.5 Å². The molecule has 0 bridgehead atoms. The molecule has 43 heavy (non-hydrogen) atoms. The van der Waals surface area contributed by atoms with Crippen LogP contribution >= 0.6 is 0 Å². The Balaban J connectivity index is 1.37. The van der Waals surface area contributed by atoms with E-state index in [4.69, 9.17) is 15.0 Å². The zero-order valence-corrected chi connectivity index (χ0v) is 23.3. The molecule has 0 aliphatic heterocycles. The van der Waals surface area contributed by atoms with Gasteiger partial charge in [0.15, 0.2) is 17.5 Å². The summed E-state index contributed by atoms with van der Waals surface area (Å²) in [6.45, 7) is 0. The Morgan fingerprint density at radius 2 is 0.953 bits per heavy atom. The molecule has 1 aliphatic rings. The van der Waals surface area contributed by atoms with Crippen LogP contribution < -0.4 is 0 Å². The molecular formula is C40H25N3. The molecule has 0 fully saturated rings. The van der Waals surface area contributed by atoms with Gasteiger partial charge in [0.1, 0.15) is 0 Å². The van der Waals surface area contributed by atoms with Gasteiger partial charge in [0.2, 0.25) is 0 Å². The van der Waals surface area contributed by atoms with Gasteiger partial charge in [-0.05, 0) is 55.6 Å². The molecular weight excluding hydrogens is 522 g/mol. The van der Waals surface area contributed by atoms with E-state index in [9.17, 15) is 0 Å². The maximum absolute atomic E-state index is 5.26. The predicted molar refractivity (Wildman–Crippen MR) is 177 cm³/mol. The molecule has 7 aromatic carbocycles. The highest BCUT2D eigenvalue weighted by Crippen LogP contribution is 2.43. The standard InChI is InChI=1S/C40H25N3/c1-2-11-28(12-3-1)38-41-39(33-18-9-15-30-24-29-13-5-7-17-32(29)35(30)33)43-40(42-38)34-19-8-14-26-22-23-27-21-20-25-10-4-6-16-31(25)36(27)37(26)34/h1-23H,24H2. The van der Waals surface area contributed by atoms with Crippen molar-refractivity contribution >= 4 is 32.3 Å². The van der Waals surface area contributed by atoms with E-state index in [0.717, 1.165) is 28.5 Å². The second kappa shape index (κ2) is 9.43. The van der Waals surface area contributed by atoms with Crippen LogP contribution in [0.4, 0.5) is 0 Å². The Kier molecular flexibility index (Phi) is 5.26. The lowest BCUT2D eigenvalue weighted by molar-refractivity contribution is 1.08. The monoisotopic (exact) mass is 547 g/mol. The van der Waals surface area contributed by atoms with E-state index in [1.54, 1.807) is 0 Å². The highest BCUT2D eigenvalue weighted by molar-refractivity contribution is 6.23. The molecule has 8 aromatic rings. The summed E-state index contributed by atoms with van der Waals surface area (Å²) in [7, 11) is 0. The summed E-state index contributed by atoms with van der Waals surface area (Å²) in [6, 6.07) is 49.3. The molecule has 3 heteroatoms. The summed E-state index contributed by atoms with van der Waals surface area (Å²) >= 11 is 0. The number of hydrogen-bond acceptors (Lipinski definition) is 3. The normalized spacial score (nSPS) is 12.1. The van der Waals surface area contributed by atoms with Crippen LogP contribution in [0.1, 0.15) is 11.1 Å². The van der Waals surface area contributed by atoms with Crippen molar-refractivity contribution in [3.8, 4) is 45.3 Å². The molecule has 0 N–H and O–H groups in total. The van der Waals surface area contributed by atoms with Crippen molar-refractivity contribution in [3.05, 3.63) is 151 Å². The lowest BCUT2D eigenvalue weighted by Crippen LogP contribution is -2.01. The number of aromatic nitrogens is 3. The smallest absolute Gasteiger partial charge is 0.164 e. The Bertz CT molecular complexity index is 2370. The molecule has 9 rings (SSSR count). The van der Waals surface area contributed by atoms with Crippen LogP contribution in [0.2, 0.25) is 0 Å². The maximum atomic E-state index is 5.26. The predicted octanol–water partition coefficient (Wildman–Crippen LogP) is 9.90. The Labute approximate surface area is 249 Å². The molecule has 0 atom stereocenters. The number of hydrogen-bond donors (Lipinski definition) is 0. The molecule has 0 radical (unpaired) electrons. The third kappa shape index (κ3) is 3.79. The number of rotatable bonds is 3. The molecule has 1 aromatic heterocycles. The fourth-order valence-electron chi connectivity index (χ4n) is 6.77. The van der Waals surface area contributed by atoms with E-state index in [-0.39, 0.29) is 0 Å². The number of nitrogens with zero attached hydrogens (tertiary/aromatic N) is 3. The third-order valence-corrected chi connectivity index (χ3v) is 8.72. The van der Waals surface area contributed by atoms with Crippen molar-refractivity contribution in [3.63, 3.8) is 0 Å². The van der Waals surface area contributed by atoms with Gasteiger partial charge < -0.3 is 0 Å². The zero-order valence-electron chi connectivity index (χ0n) is 23.3. The van der Waals surface area contributed by atoms with Crippen LogP contribution in [-0.2, 0) is 6.42 Å². The van der Waals surface area contributed by atoms with E-state index < -0.39 is 0 Å². The minimum atomic E-state index is 0.673. The average Bonchev–Trinajstić information content (AvgIpc) is 3.47. The average molecular weight is 548 g/mol. The first-order valence-corrected chi connectivity index (χ1v) is 14.7. The second-order valence-corrected chi connectivity index (χ2v) is 11.2. The highest BCUT2D eigenvalue weighted by Gasteiger charge is 2.24. The molecule has 0 saturated heterocycles. The quantitative estimate of drug-likeness (QED) is 0.207. The Morgan fingerprint density at radius 1 is 0.372 bits per heavy atom. The van der Waals surface area contributed by atoms with Gasteiger partial charge in [0, 0.05) is 22.1 Å². The van der Waals surface area contributed by atoms with Crippen LogP contribution in [0, 0.1) is 0 Å². The summed E-state index contributed by atoms with van der Waals surface area (Å²) in [5, 5.41) is 7.21. The molecule has 1 heterocycles. The summed E-state index contributed by atoms with van der Waals surface area (Å²) in [5.41, 5.74) is 8.16. The van der Waals surface area contributed by atoms with Crippen molar-refractivity contribution < 1.29 is 0 Å². The van der Waals surface area contributed by atoms with Gasteiger partial charge in [-0.2, -0.15) is 0 Å². The highest BCUT2D eigenvalue weighted by atomic mass is 15.0.